The van der Waals surface area contributed by atoms with Crippen molar-refractivity contribution in [3.63, 3.8) is 0 Å². The summed E-state index contributed by atoms with van der Waals surface area (Å²) < 4.78 is 31.6. The lowest BCUT2D eigenvalue weighted by Crippen LogP contribution is -2.31. The molecule has 0 saturated carbocycles. The molecule has 0 radical (unpaired) electrons. The standard InChI is InChI=1S/C27H48O9/c1-25(2,15-31-7)18-34-22(28)13-11-10-12-21(24(30)36-20-27(5,6)17-33-9)14-23(29)35-19-26(3,4)16-32-8/h10-11,21H,12-20H2,1-9H3. The van der Waals surface area contributed by atoms with Gasteiger partial charge in [0.1, 0.15) is 0 Å². The molecule has 0 saturated heterocycles. The average molecular weight is 517 g/mol. The van der Waals surface area contributed by atoms with Gasteiger partial charge in [0.05, 0.1) is 58.4 Å². The van der Waals surface area contributed by atoms with Crippen LogP contribution in [0.2, 0.25) is 0 Å². The van der Waals surface area contributed by atoms with Gasteiger partial charge < -0.3 is 28.4 Å². The third kappa shape index (κ3) is 16.7. The van der Waals surface area contributed by atoms with Crippen LogP contribution in [0.25, 0.3) is 0 Å². The maximum Gasteiger partial charge on any atom is 0.309 e. The summed E-state index contributed by atoms with van der Waals surface area (Å²) in [5, 5.41) is 0. The first kappa shape index (κ1) is 34.0. The van der Waals surface area contributed by atoms with Gasteiger partial charge in [-0.2, -0.15) is 0 Å². The summed E-state index contributed by atoms with van der Waals surface area (Å²) in [6.45, 7) is 13.5. The molecule has 0 aliphatic carbocycles. The summed E-state index contributed by atoms with van der Waals surface area (Å²) in [4.78, 5) is 37.3. The van der Waals surface area contributed by atoms with Crippen LogP contribution in [0.15, 0.2) is 12.2 Å². The predicted molar refractivity (Wildman–Crippen MR) is 136 cm³/mol. The minimum atomic E-state index is -0.741. The summed E-state index contributed by atoms with van der Waals surface area (Å²) in [6, 6.07) is 0. The van der Waals surface area contributed by atoms with E-state index in [9.17, 15) is 14.4 Å². The van der Waals surface area contributed by atoms with Crippen LogP contribution < -0.4 is 0 Å². The molecule has 36 heavy (non-hydrogen) atoms. The van der Waals surface area contributed by atoms with Gasteiger partial charge in [-0.3, -0.25) is 14.4 Å². The summed E-state index contributed by atoms with van der Waals surface area (Å²) in [5.41, 5.74) is -0.990. The first-order chi connectivity index (χ1) is 16.7. The molecule has 1 unspecified atom stereocenters. The summed E-state index contributed by atoms with van der Waals surface area (Å²) >= 11 is 0. The number of ether oxygens (including phenoxy) is 6. The Hall–Kier alpha value is -1.97. The molecule has 9 nitrogen and oxygen atoms in total. The number of hydrogen-bond acceptors (Lipinski definition) is 9. The minimum absolute atomic E-state index is 0.0569. The summed E-state index contributed by atoms with van der Waals surface area (Å²) in [7, 11) is 4.77. The molecule has 210 valence electrons. The number of rotatable bonds is 19. The molecule has 9 heteroatoms. The van der Waals surface area contributed by atoms with Gasteiger partial charge in [0.2, 0.25) is 0 Å². The molecule has 0 fully saturated rings. The van der Waals surface area contributed by atoms with Crippen molar-refractivity contribution in [1.82, 2.24) is 0 Å². The van der Waals surface area contributed by atoms with E-state index < -0.39 is 17.9 Å². The highest BCUT2D eigenvalue weighted by Gasteiger charge is 2.28. The van der Waals surface area contributed by atoms with Crippen LogP contribution >= 0.6 is 0 Å². The summed E-state index contributed by atoms with van der Waals surface area (Å²) in [5.74, 6) is -2.11. The number of carbonyl (C=O) groups excluding carboxylic acids is 3. The van der Waals surface area contributed by atoms with E-state index in [-0.39, 0.29) is 61.3 Å². The zero-order valence-corrected chi connectivity index (χ0v) is 23.8. The van der Waals surface area contributed by atoms with Gasteiger partial charge >= 0.3 is 17.9 Å². The Morgan fingerprint density at radius 2 is 1.03 bits per heavy atom. The Bertz CT molecular complexity index is 695. The Balaban J connectivity index is 5.01. The molecule has 0 bridgehead atoms. The van der Waals surface area contributed by atoms with E-state index in [0.29, 0.717) is 19.8 Å². The molecule has 1 atom stereocenters. The highest BCUT2D eigenvalue weighted by atomic mass is 16.5. The maximum absolute atomic E-state index is 12.8. The average Bonchev–Trinajstić information content (AvgIpc) is 2.77. The van der Waals surface area contributed by atoms with E-state index in [4.69, 9.17) is 28.4 Å². The van der Waals surface area contributed by atoms with E-state index in [2.05, 4.69) is 0 Å². The topological polar surface area (TPSA) is 107 Å². The zero-order chi connectivity index (χ0) is 27.8. The van der Waals surface area contributed by atoms with Crippen molar-refractivity contribution in [2.24, 2.45) is 22.2 Å². The van der Waals surface area contributed by atoms with Crippen molar-refractivity contribution in [3.8, 4) is 0 Å². The normalized spacial score (nSPS) is 13.5. The molecule has 0 aromatic carbocycles. The van der Waals surface area contributed by atoms with Crippen molar-refractivity contribution < 1.29 is 42.8 Å². The van der Waals surface area contributed by atoms with E-state index in [0.717, 1.165) is 0 Å². The van der Waals surface area contributed by atoms with Crippen molar-refractivity contribution in [3.05, 3.63) is 12.2 Å². The van der Waals surface area contributed by atoms with Gasteiger partial charge in [0.25, 0.3) is 0 Å². The van der Waals surface area contributed by atoms with Gasteiger partial charge in [-0.1, -0.05) is 53.7 Å². The second kappa shape index (κ2) is 16.7. The molecule has 0 N–H and O–H groups in total. The molecule has 0 rings (SSSR count). The fourth-order valence-electron chi connectivity index (χ4n) is 3.26. The molecule has 0 amide bonds. The van der Waals surface area contributed by atoms with Crippen LogP contribution in [0.1, 0.15) is 60.8 Å². The molecule has 0 aliphatic rings. The van der Waals surface area contributed by atoms with Gasteiger partial charge in [-0.25, -0.2) is 0 Å². The highest BCUT2D eigenvalue weighted by molar-refractivity contribution is 5.80. The fraction of sp³-hybridized carbons (Fsp3) is 0.815. The summed E-state index contributed by atoms with van der Waals surface area (Å²) in [6.07, 6.45) is 3.47. The smallest absolute Gasteiger partial charge is 0.309 e. The van der Waals surface area contributed by atoms with Gasteiger partial charge in [0.15, 0.2) is 0 Å². The fourth-order valence-corrected chi connectivity index (χ4v) is 3.26. The molecule has 0 aromatic rings. The van der Waals surface area contributed by atoms with E-state index in [1.54, 1.807) is 33.5 Å². The van der Waals surface area contributed by atoms with Gasteiger partial charge in [-0.15, -0.1) is 0 Å². The predicted octanol–water partition coefficient (Wildman–Crippen LogP) is 3.98. The van der Waals surface area contributed by atoms with Crippen LogP contribution in [0.4, 0.5) is 0 Å². The quantitative estimate of drug-likeness (QED) is 0.143. The van der Waals surface area contributed by atoms with Crippen molar-refractivity contribution in [1.29, 1.82) is 0 Å². The second-order valence-electron chi connectivity index (χ2n) is 11.5. The molecule has 0 spiro atoms. The third-order valence-electron chi connectivity index (χ3n) is 5.08. The molecular weight excluding hydrogens is 468 g/mol. The molecular formula is C27H48O9. The first-order valence-electron chi connectivity index (χ1n) is 12.3. The van der Waals surface area contributed by atoms with Crippen LogP contribution in [0.3, 0.4) is 0 Å². The van der Waals surface area contributed by atoms with Crippen LogP contribution in [0.5, 0.6) is 0 Å². The van der Waals surface area contributed by atoms with Crippen molar-refractivity contribution >= 4 is 17.9 Å². The Labute approximate surface area is 217 Å². The van der Waals surface area contributed by atoms with Gasteiger partial charge in [-0.05, 0) is 6.42 Å². The van der Waals surface area contributed by atoms with Crippen molar-refractivity contribution in [2.75, 3.05) is 61.0 Å². The Morgan fingerprint density at radius 1 is 0.611 bits per heavy atom. The minimum Gasteiger partial charge on any atom is -0.465 e. The number of allylic oxidation sites excluding steroid dienone is 1. The van der Waals surface area contributed by atoms with E-state index >= 15 is 0 Å². The molecule has 0 aromatic heterocycles. The zero-order valence-electron chi connectivity index (χ0n) is 23.8. The number of hydrogen-bond donors (Lipinski definition) is 0. The first-order valence-corrected chi connectivity index (χ1v) is 12.3. The Morgan fingerprint density at radius 3 is 1.47 bits per heavy atom. The molecule has 0 aliphatic heterocycles. The van der Waals surface area contributed by atoms with Gasteiger partial charge in [0, 0.05) is 37.6 Å². The third-order valence-corrected chi connectivity index (χ3v) is 5.08. The van der Waals surface area contributed by atoms with Crippen LogP contribution in [-0.2, 0) is 42.8 Å². The highest BCUT2D eigenvalue weighted by Crippen LogP contribution is 2.21. The SMILES string of the molecule is COCC(C)(C)COC(=O)CC=CCC(CC(=O)OCC(C)(C)COC)C(=O)OCC(C)(C)COC. The number of methoxy groups -OCH3 is 3. The van der Waals surface area contributed by atoms with Crippen molar-refractivity contribution in [2.45, 2.75) is 60.8 Å². The molecule has 0 heterocycles. The van der Waals surface area contributed by atoms with E-state index in [1.807, 2.05) is 41.5 Å². The largest absolute Gasteiger partial charge is 0.465 e. The lowest BCUT2D eigenvalue weighted by molar-refractivity contribution is -0.159. The lowest BCUT2D eigenvalue weighted by atomic mass is 9.95. The second-order valence-corrected chi connectivity index (χ2v) is 11.5. The Kier molecular flexibility index (Phi) is 15.8. The maximum atomic E-state index is 12.8. The monoisotopic (exact) mass is 516 g/mol. The van der Waals surface area contributed by atoms with E-state index in [1.165, 1.54) is 0 Å². The number of carbonyl (C=O) groups is 3. The lowest BCUT2D eigenvalue weighted by Gasteiger charge is -2.25. The van der Waals surface area contributed by atoms with Crippen LogP contribution in [0, 0.1) is 22.2 Å². The van der Waals surface area contributed by atoms with Crippen LogP contribution in [-0.4, -0.2) is 78.9 Å². The number of esters is 3.